The molecule has 5 rings (SSSR count). The van der Waals surface area contributed by atoms with E-state index < -0.39 is 23.4 Å². The average Bonchev–Trinajstić information content (AvgIpc) is 3.41. The fourth-order valence-corrected chi connectivity index (χ4v) is 5.63. The molecular weight excluding hydrogens is 435 g/mol. The molecule has 178 valence electrons. The number of rotatable bonds is 4. The van der Waals surface area contributed by atoms with Gasteiger partial charge in [-0.2, -0.15) is 18.3 Å². The van der Waals surface area contributed by atoms with Crippen molar-refractivity contribution < 1.29 is 27.4 Å². The molecule has 0 radical (unpaired) electrons. The second kappa shape index (κ2) is 8.04. The highest BCUT2D eigenvalue weighted by molar-refractivity contribution is 5.77. The van der Waals surface area contributed by atoms with Crippen molar-refractivity contribution in [2.45, 2.75) is 76.0 Å². The summed E-state index contributed by atoms with van der Waals surface area (Å²) < 4.78 is 53.3. The lowest BCUT2D eigenvalue weighted by molar-refractivity contribution is -0.172. The number of halogens is 3. The van der Waals surface area contributed by atoms with Crippen LogP contribution in [0.3, 0.4) is 0 Å². The highest BCUT2D eigenvalue weighted by atomic mass is 19.4. The first kappa shape index (κ1) is 22.3. The third-order valence-electron chi connectivity index (χ3n) is 7.31. The van der Waals surface area contributed by atoms with Crippen molar-refractivity contribution in [3.8, 4) is 5.75 Å². The Morgan fingerprint density at radius 2 is 2.15 bits per heavy atom. The van der Waals surface area contributed by atoms with E-state index in [1.807, 2.05) is 24.9 Å². The van der Waals surface area contributed by atoms with Crippen LogP contribution >= 0.6 is 0 Å². The van der Waals surface area contributed by atoms with Crippen LogP contribution in [0.5, 0.6) is 5.75 Å². The SMILES string of the molecule is CC1(C)Oc2c(cccc2C(F)(F)F)[C@@H]2O[C@@H]3CCN(C(=O)CCCc4cn[nH]c4)[C@@H]3C[C@H]21. The first-order valence-corrected chi connectivity index (χ1v) is 11.5. The molecule has 4 heterocycles. The minimum Gasteiger partial charge on any atom is -0.486 e. The molecule has 33 heavy (non-hydrogen) atoms. The van der Waals surface area contributed by atoms with Gasteiger partial charge in [0, 0.05) is 30.6 Å². The molecule has 1 amide bonds. The van der Waals surface area contributed by atoms with Crippen LogP contribution in [0, 0.1) is 5.92 Å². The zero-order valence-corrected chi connectivity index (χ0v) is 18.7. The molecule has 0 aliphatic carbocycles. The molecule has 2 aromatic rings. The predicted octanol–water partition coefficient (Wildman–Crippen LogP) is 4.67. The quantitative estimate of drug-likeness (QED) is 0.716. The van der Waals surface area contributed by atoms with Gasteiger partial charge in [0.15, 0.2) is 0 Å². The largest absolute Gasteiger partial charge is 0.486 e. The van der Waals surface area contributed by atoms with E-state index in [-0.39, 0.29) is 29.7 Å². The number of aromatic amines is 1. The summed E-state index contributed by atoms with van der Waals surface area (Å²) in [5.41, 5.74) is -0.0951. The first-order valence-electron chi connectivity index (χ1n) is 11.5. The van der Waals surface area contributed by atoms with Crippen LogP contribution in [0.15, 0.2) is 30.6 Å². The van der Waals surface area contributed by atoms with Crippen LogP contribution < -0.4 is 4.74 Å². The van der Waals surface area contributed by atoms with E-state index >= 15 is 0 Å². The van der Waals surface area contributed by atoms with Gasteiger partial charge in [0.1, 0.15) is 11.4 Å². The molecule has 0 spiro atoms. The number of hydrogen-bond acceptors (Lipinski definition) is 4. The highest BCUT2D eigenvalue weighted by Gasteiger charge is 2.55. The van der Waals surface area contributed by atoms with Gasteiger partial charge in [-0.15, -0.1) is 0 Å². The van der Waals surface area contributed by atoms with E-state index in [0.717, 1.165) is 24.5 Å². The summed E-state index contributed by atoms with van der Waals surface area (Å²) in [6.07, 6.45) is 1.73. The van der Waals surface area contributed by atoms with Crippen LogP contribution in [-0.2, 0) is 22.1 Å². The van der Waals surface area contributed by atoms with Crippen molar-refractivity contribution in [1.82, 2.24) is 15.1 Å². The number of hydrogen-bond donors (Lipinski definition) is 1. The smallest absolute Gasteiger partial charge is 0.419 e. The van der Waals surface area contributed by atoms with E-state index in [1.54, 1.807) is 12.3 Å². The number of para-hydroxylation sites is 1. The number of carbonyl (C=O) groups excluding carboxylic acids is 1. The van der Waals surface area contributed by atoms with Crippen LogP contribution in [0.25, 0.3) is 0 Å². The standard InChI is InChI=1S/C24H28F3N3O3/c1-23(2)17-11-18-19(9-10-30(18)20(31)8-3-5-14-12-28-29-13-14)32-21(17)15-6-4-7-16(22(15)33-23)24(25,26)27/h4,6-7,12-13,17-19,21H,3,5,8-11H2,1-2H3,(H,28,29)/t17-,18-,19-,21+/m1/s1. The van der Waals surface area contributed by atoms with Crippen molar-refractivity contribution in [2.75, 3.05) is 6.54 Å². The first-order chi connectivity index (χ1) is 15.6. The molecule has 1 aromatic carbocycles. The number of aromatic nitrogens is 2. The van der Waals surface area contributed by atoms with Gasteiger partial charge in [0.25, 0.3) is 0 Å². The summed E-state index contributed by atoms with van der Waals surface area (Å²) in [6.45, 7) is 4.24. The van der Waals surface area contributed by atoms with Crippen molar-refractivity contribution >= 4 is 5.91 Å². The molecule has 1 N–H and O–H groups in total. The third kappa shape index (κ3) is 4.00. The zero-order valence-electron chi connectivity index (χ0n) is 18.7. The van der Waals surface area contributed by atoms with Crippen molar-refractivity contribution in [1.29, 1.82) is 0 Å². The molecule has 1 aromatic heterocycles. The Morgan fingerprint density at radius 3 is 2.88 bits per heavy atom. The number of H-pyrrole nitrogens is 1. The fourth-order valence-electron chi connectivity index (χ4n) is 5.63. The van der Waals surface area contributed by atoms with Crippen molar-refractivity contribution in [3.63, 3.8) is 0 Å². The highest BCUT2D eigenvalue weighted by Crippen LogP contribution is 2.55. The molecule has 4 atom stereocenters. The molecule has 2 fully saturated rings. The molecule has 0 saturated carbocycles. The number of amides is 1. The summed E-state index contributed by atoms with van der Waals surface area (Å²) in [5.74, 6) is -0.184. The number of fused-ring (bicyclic) bond motifs is 4. The van der Waals surface area contributed by atoms with Crippen molar-refractivity contribution in [3.05, 3.63) is 47.3 Å². The van der Waals surface area contributed by atoms with Crippen LogP contribution in [-0.4, -0.2) is 45.3 Å². The number of benzene rings is 1. The van der Waals surface area contributed by atoms with Crippen LogP contribution in [0.4, 0.5) is 13.2 Å². The lowest BCUT2D eigenvalue weighted by Crippen LogP contribution is -2.54. The minimum atomic E-state index is -4.50. The molecule has 2 saturated heterocycles. The van der Waals surface area contributed by atoms with E-state index in [0.29, 0.717) is 31.4 Å². The lowest BCUT2D eigenvalue weighted by atomic mass is 9.73. The number of alkyl halides is 3. The Balaban J connectivity index is 1.34. The molecular formula is C24H28F3N3O3. The number of carbonyl (C=O) groups is 1. The Bertz CT molecular complexity index is 1020. The summed E-state index contributed by atoms with van der Waals surface area (Å²) in [7, 11) is 0. The molecule has 6 nitrogen and oxygen atoms in total. The van der Waals surface area contributed by atoms with Gasteiger partial charge in [-0.25, -0.2) is 0 Å². The van der Waals surface area contributed by atoms with Crippen LogP contribution in [0.2, 0.25) is 0 Å². The van der Waals surface area contributed by atoms with Gasteiger partial charge in [-0.3, -0.25) is 9.89 Å². The van der Waals surface area contributed by atoms with Gasteiger partial charge < -0.3 is 14.4 Å². The summed E-state index contributed by atoms with van der Waals surface area (Å²) in [4.78, 5) is 14.9. The Kier molecular flexibility index (Phi) is 5.42. The molecule has 9 heteroatoms. The Morgan fingerprint density at radius 1 is 1.33 bits per heavy atom. The number of ether oxygens (including phenoxy) is 2. The number of nitrogens with one attached hydrogen (secondary N) is 1. The molecule has 3 aliphatic rings. The second-order valence-electron chi connectivity index (χ2n) is 9.77. The fraction of sp³-hybridized carbons (Fsp3) is 0.583. The maximum atomic E-state index is 13.6. The van der Waals surface area contributed by atoms with Crippen LogP contribution in [0.1, 0.15) is 62.3 Å². The van der Waals surface area contributed by atoms with Gasteiger partial charge >= 0.3 is 6.18 Å². The topological polar surface area (TPSA) is 67.5 Å². The summed E-state index contributed by atoms with van der Waals surface area (Å²) >= 11 is 0. The van der Waals surface area contributed by atoms with E-state index in [4.69, 9.17) is 9.47 Å². The monoisotopic (exact) mass is 463 g/mol. The zero-order chi connectivity index (χ0) is 23.4. The second-order valence-corrected chi connectivity index (χ2v) is 9.77. The number of likely N-dealkylation sites (tertiary alicyclic amines) is 1. The van der Waals surface area contributed by atoms with Crippen molar-refractivity contribution in [2.24, 2.45) is 5.92 Å². The van der Waals surface area contributed by atoms with E-state index in [9.17, 15) is 18.0 Å². The molecule has 0 bridgehead atoms. The predicted molar refractivity (Wildman–Crippen MR) is 114 cm³/mol. The van der Waals surface area contributed by atoms with E-state index in [1.165, 1.54) is 6.07 Å². The third-order valence-corrected chi connectivity index (χ3v) is 7.31. The number of nitrogens with zero attached hydrogens (tertiary/aromatic N) is 2. The number of aryl methyl sites for hydroxylation is 1. The van der Waals surface area contributed by atoms with Gasteiger partial charge in [-0.05, 0) is 51.2 Å². The maximum absolute atomic E-state index is 13.6. The van der Waals surface area contributed by atoms with Gasteiger partial charge in [-0.1, -0.05) is 12.1 Å². The average molecular weight is 464 g/mol. The Labute approximate surface area is 190 Å². The Hall–Kier alpha value is -2.55. The van der Waals surface area contributed by atoms with Gasteiger partial charge in [0.05, 0.1) is 30.0 Å². The summed E-state index contributed by atoms with van der Waals surface area (Å²) in [5, 5.41) is 6.70. The summed E-state index contributed by atoms with van der Waals surface area (Å²) in [6, 6.07) is 4.06. The molecule has 3 aliphatic heterocycles. The minimum absolute atomic E-state index is 0.0806. The lowest BCUT2D eigenvalue weighted by Gasteiger charge is -2.51. The maximum Gasteiger partial charge on any atom is 0.419 e. The van der Waals surface area contributed by atoms with Gasteiger partial charge in [0.2, 0.25) is 5.91 Å². The molecule has 0 unspecified atom stereocenters. The van der Waals surface area contributed by atoms with E-state index in [2.05, 4.69) is 10.2 Å². The normalized spacial score (nSPS) is 28.0.